The van der Waals surface area contributed by atoms with Crippen molar-refractivity contribution in [2.75, 3.05) is 0 Å². The molecule has 198 valence electrons. The summed E-state index contributed by atoms with van der Waals surface area (Å²) >= 11 is 0. The lowest BCUT2D eigenvalue weighted by molar-refractivity contribution is -0.133. The topological polar surface area (TPSA) is 137 Å². The van der Waals surface area contributed by atoms with Gasteiger partial charge in [0.2, 0.25) is 17.7 Å². The van der Waals surface area contributed by atoms with Crippen molar-refractivity contribution in [3.8, 4) is 0 Å². The zero-order valence-electron chi connectivity index (χ0n) is 21.1. The van der Waals surface area contributed by atoms with Gasteiger partial charge in [0.05, 0.1) is 0 Å². The Kier molecular flexibility index (Phi) is 11.1. The van der Waals surface area contributed by atoms with E-state index in [-0.39, 0.29) is 12.3 Å². The fourth-order valence-electron chi connectivity index (χ4n) is 4.39. The smallest absolute Gasteiger partial charge is 0.402 e. The second kappa shape index (κ2) is 14.5. The largest absolute Gasteiger partial charge is 0.635 e. The molecule has 3 amide bonds. The number of hydrogen-bond donors (Lipinski definition) is 5. The van der Waals surface area contributed by atoms with Crippen LogP contribution in [0.25, 0.3) is 0 Å². The maximum Gasteiger partial charge on any atom is 0.635 e. The number of rotatable bonds is 14. The minimum Gasteiger partial charge on any atom is -0.402 e. The highest BCUT2D eigenvalue weighted by Gasteiger charge is 2.31. The van der Waals surface area contributed by atoms with Crippen LogP contribution in [0.3, 0.4) is 0 Å². The third-order valence-electron chi connectivity index (χ3n) is 6.54. The zero-order valence-corrected chi connectivity index (χ0v) is 21.1. The number of aryl methyl sites for hydroxylation is 1. The SMILES string of the molecule is CC(=O)N[C@@H](CCc1ccccc1)C(=O)N[C@@H](Cc1ccccc1)C(=O)N[C@@H](CC1CCC1)OB(O)O. The molecule has 0 spiro atoms. The Morgan fingerprint density at radius 2 is 1.49 bits per heavy atom. The molecule has 10 heteroatoms. The van der Waals surface area contributed by atoms with E-state index in [9.17, 15) is 24.4 Å². The molecule has 1 aliphatic carbocycles. The molecule has 0 saturated heterocycles. The van der Waals surface area contributed by atoms with E-state index in [4.69, 9.17) is 4.65 Å². The molecule has 1 fully saturated rings. The first-order valence-electron chi connectivity index (χ1n) is 12.8. The lowest BCUT2D eigenvalue weighted by Gasteiger charge is -2.31. The molecule has 1 aliphatic rings. The molecular formula is C27H36BN3O6. The fraction of sp³-hybridized carbons (Fsp3) is 0.444. The Morgan fingerprint density at radius 3 is 2.03 bits per heavy atom. The molecule has 0 heterocycles. The van der Waals surface area contributed by atoms with Gasteiger partial charge in [-0.25, -0.2) is 0 Å². The quantitative estimate of drug-likeness (QED) is 0.193. The molecule has 3 rings (SSSR count). The molecule has 0 radical (unpaired) electrons. The first kappa shape index (κ1) is 28.4. The minimum atomic E-state index is -2.03. The van der Waals surface area contributed by atoms with Crippen molar-refractivity contribution < 1.29 is 29.1 Å². The summed E-state index contributed by atoms with van der Waals surface area (Å²) in [5, 5.41) is 26.9. The summed E-state index contributed by atoms with van der Waals surface area (Å²) in [6.07, 6.45) is 3.75. The normalized spacial score (nSPS) is 15.5. The molecule has 2 aromatic rings. The molecule has 0 bridgehead atoms. The summed E-state index contributed by atoms with van der Waals surface area (Å²) in [6, 6.07) is 17.1. The van der Waals surface area contributed by atoms with Crippen LogP contribution in [-0.2, 0) is 31.9 Å². The molecule has 1 saturated carbocycles. The van der Waals surface area contributed by atoms with Crippen LogP contribution in [0.15, 0.2) is 60.7 Å². The Balaban J connectivity index is 1.72. The predicted octanol–water partition coefficient (Wildman–Crippen LogP) is 1.47. The van der Waals surface area contributed by atoms with Crippen LogP contribution in [0.4, 0.5) is 0 Å². The van der Waals surface area contributed by atoms with Crippen LogP contribution < -0.4 is 16.0 Å². The number of amides is 3. The van der Waals surface area contributed by atoms with Crippen molar-refractivity contribution in [1.82, 2.24) is 16.0 Å². The summed E-state index contributed by atoms with van der Waals surface area (Å²) in [5.41, 5.74) is 1.87. The van der Waals surface area contributed by atoms with E-state index < -0.39 is 37.4 Å². The fourth-order valence-corrected chi connectivity index (χ4v) is 4.39. The van der Waals surface area contributed by atoms with Gasteiger partial charge in [0.15, 0.2) is 0 Å². The monoisotopic (exact) mass is 509 g/mol. The highest BCUT2D eigenvalue weighted by atomic mass is 16.6. The minimum absolute atomic E-state index is 0.210. The summed E-state index contributed by atoms with van der Waals surface area (Å²) in [7, 11) is -2.03. The van der Waals surface area contributed by atoms with Gasteiger partial charge in [-0.15, -0.1) is 0 Å². The van der Waals surface area contributed by atoms with Crippen molar-refractivity contribution in [2.45, 2.75) is 70.2 Å². The third-order valence-corrected chi connectivity index (χ3v) is 6.54. The Hall–Kier alpha value is -3.21. The second-order valence-corrected chi connectivity index (χ2v) is 9.52. The lowest BCUT2D eigenvalue weighted by Crippen LogP contribution is -2.56. The van der Waals surface area contributed by atoms with E-state index in [1.807, 2.05) is 60.7 Å². The van der Waals surface area contributed by atoms with Crippen LogP contribution in [0.2, 0.25) is 0 Å². The van der Waals surface area contributed by atoms with E-state index in [0.717, 1.165) is 30.4 Å². The van der Waals surface area contributed by atoms with E-state index in [0.29, 0.717) is 25.2 Å². The number of carbonyl (C=O) groups excluding carboxylic acids is 3. The molecule has 0 aliphatic heterocycles. The van der Waals surface area contributed by atoms with Crippen molar-refractivity contribution in [1.29, 1.82) is 0 Å². The maximum absolute atomic E-state index is 13.3. The first-order valence-corrected chi connectivity index (χ1v) is 12.8. The molecule has 37 heavy (non-hydrogen) atoms. The van der Waals surface area contributed by atoms with E-state index in [1.165, 1.54) is 6.92 Å². The highest BCUT2D eigenvalue weighted by molar-refractivity contribution is 6.32. The van der Waals surface area contributed by atoms with Crippen LogP contribution in [0.5, 0.6) is 0 Å². The summed E-state index contributed by atoms with van der Waals surface area (Å²) < 4.78 is 5.13. The molecule has 5 N–H and O–H groups in total. The van der Waals surface area contributed by atoms with Gasteiger partial charge in [-0.2, -0.15) is 0 Å². The highest BCUT2D eigenvalue weighted by Crippen LogP contribution is 2.30. The average Bonchev–Trinajstić information content (AvgIpc) is 2.84. The van der Waals surface area contributed by atoms with Gasteiger partial charge in [-0.3, -0.25) is 14.4 Å². The average molecular weight is 509 g/mol. The van der Waals surface area contributed by atoms with Crippen LogP contribution in [0, 0.1) is 5.92 Å². The molecule has 0 aromatic heterocycles. The third kappa shape index (κ3) is 9.99. The van der Waals surface area contributed by atoms with E-state index >= 15 is 0 Å². The lowest BCUT2D eigenvalue weighted by atomic mass is 9.82. The Morgan fingerprint density at radius 1 is 0.892 bits per heavy atom. The molecule has 0 unspecified atom stereocenters. The van der Waals surface area contributed by atoms with Crippen molar-refractivity contribution in [2.24, 2.45) is 5.92 Å². The Labute approximate surface area is 218 Å². The number of hydrogen-bond acceptors (Lipinski definition) is 6. The number of nitrogens with one attached hydrogen (secondary N) is 3. The van der Waals surface area contributed by atoms with Gasteiger partial charge < -0.3 is 30.7 Å². The van der Waals surface area contributed by atoms with Crippen molar-refractivity contribution >= 4 is 25.0 Å². The summed E-state index contributed by atoms with van der Waals surface area (Å²) in [6.45, 7) is 1.35. The van der Waals surface area contributed by atoms with Crippen molar-refractivity contribution in [3.05, 3.63) is 71.8 Å². The van der Waals surface area contributed by atoms with Gasteiger partial charge in [0.1, 0.15) is 18.3 Å². The zero-order chi connectivity index (χ0) is 26.6. The van der Waals surface area contributed by atoms with Gasteiger partial charge in [0, 0.05) is 13.3 Å². The summed E-state index contributed by atoms with van der Waals surface area (Å²) in [5.74, 6) is -0.996. The van der Waals surface area contributed by atoms with E-state index in [2.05, 4.69) is 16.0 Å². The maximum atomic E-state index is 13.3. The molecule has 3 atom stereocenters. The van der Waals surface area contributed by atoms with Gasteiger partial charge in [0.25, 0.3) is 0 Å². The van der Waals surface area contributed by atoms with Gasteiger partial charge in [-0.05, 0) is 36.3 Å². The van der Waals surface area contributed by atoms with Crippen molar-refractivity contribution in [3.63, 3.8) is 0 Å². The van der Waals surface area contributed by atoms with Crippen LogP contribution in [-0.4, -0.2) is 53.4 Å². The molecule has 9 nitrogen and oxygen atoms in total. The Bertz CT molecular complexity index is 1000. The van der Waals surface area contributed by atoms with Crippen LogP contribution >= 0.6 is 0 Å². The van der Waals surface area contributed by atoms with Gasteiger partial charge >= 0.3 is 7.32 Å². The second-order valence-electron chi connectivity index (χ2n) is 9.52. The van der Waals surface area contributed by atoms with Crippen LogP contribution in [0.1, 0.15) is 50.2 Å². The standard InChI is InChI=1S/C27H36BN3O6/c1-19(32)29-23(16-15-20-9-4-2-5-10-20)26(33)30-24(17-21-11-6-3-7-12-21)27(34)31-25(37-28(35)36)18-22-13-8-14-22/h2-7,9-12,22-25,35-36H,8,13-18H2,1H3,(H,29,32)(H,30,33)(H,31,34)/t23-,24-,25+/m0/s1. The molecule has 2 aromatic carbocycles. The number of benzene rings is 2. The van der Waals surface area contributed by atoms with Gasteiger partial charge in [-0.1, -0.05) is 79.9 Å². The predicted molar refractivity (Wildman–Crippen MR) is 140 cm³/mol. The first-order chi connectivity index (χ1) is 17.8. The molecular weight excluding hydrogens is 473 g/mol. The van der Waals surface area contributed by atoms with E-state index in [1.54, 1.807) is 0 Å². The summed E-state index contributed by atoms with van der Waals surface area (Å²) in [4.78, 5) is 38.4. The number of carbonyl (C=O) groups is 3.